The van der Waals surface area contributed by atoms with Crippen LogP contribution >= 0.6 is 11.3 Å². The molecule has 2 rings (SSSR count). The number of nitrogens with zero attached hydrogens (tertiary/aromatic N) is 2. The molecule has 16 heavy (non-hydrogen) atoms. The summed E-state index contributed by atoms with van der Waals surface area (Å²) in [6, 6.07) is 0.795. The Morgan fingerprint density at radius 1 is 1.56 bits per heavy atom. The summed E-state index contributed by atoms with van der Waals surface area (Å²) in [5.41, 5.74) is 5.62. The largest absolute Gasteiger partial charge is 0.389 e. The molecule has 5 heteroatoms. The van der Waals surface area contributed by atoms with Gasteiger partial charge in [-0.15, -0.1) is 0 Å². The lowest BCUT2D eigenvalue weighted by molar-refractivity contribution is 0.254. The van der Waals surface area contributed by atoms with Gasteiger partial charge in [-0.2, -0.15) is 0 Å². The molecule has 1 aromatic rings. The molecule has 0 aromatic carbocycles. The number of aromatic nitrogens is 1. The quantitative estimate of drug-likeness (QED) is 0.826. The molecule has 0 aliphatic heterocycles. The van der Waals surface area contributed by atoms with E-state index in [1.807, 2.05) is 0 Å². The van der Waals surface area contributed by atoms with Gasteiger partial charge in [0.1, 0.15) is 5.00 Å². The first-order valence-corrected chi connectivity index (χ1v) is 6.73. The van der Waals surface area contributed by atoms with Gasteiger partial charge in [0.2, 0.25) is 0 Å². The van der Waals surface area contributed by atoms with Gasteiger partial charge in [0, 0.05) is 19.1 Å². The highest BCUT2D eigenvalue weighted by Crippen LogP contribution is 2.22. The van der Waals surface area contributed by atoms with Gasteiger partial charge in [-0.25, -0.2) is 4.98 Å². The summed E-state index contributed by atoms with van der Waals surface area (Å²) >= 11 is 1.51. The highest BCUT2D eigenvalue weighted by atomic mass is 32.1. The van der Waals surface area contributed by atoms with Crippen LogP contribution in [0.15, 0.2) is 6.20 Å². The zero-order chi connectivity index (χ0) is 11.4. The summed E-state index contributed by atoms with van der Waals surface area (Å²) < 4.78 is 0. The minimum Gasteiger partial charge on any atom is -0.389 e. The Morgan fingerprint density at radius 2 is 2.31 bits per heavy atom. The van der Waals surface area contributed by atoms with Gasteiger partial charge in [0.15, 0.2) is 5.13 Å². The van der Waals surface area contributed by atoms with Crippen molar-refractivity contribution in [2.24, 2.45) is 0 Å². The standard InChI is InChI=1S/C11H20N4S/c1-15(9-4-2-3-5-9)7-6-13-11-14-8-10(12)16-11/h8-9H,2-7,12H2,1H3,(H,13,14). The van der Waals surface area contributed by atoms with Crippen molar-refractivity contribution in [3.63, 3.8) is 0 Å². The van der Waals surface area contributed by atoms with Gasteiger partial charge in [0.05, 0.1) is 6.20 Å². The Hall–Kier alpha value is -0.810. The zero-order valence-corrected chi connectivity index (χ0v) is 10.6. The fraction of sp³-hybridized carbons (Fsp3) is 0.727. The molecule has 0 radical (unpaired) electrons. The first-order chi connectivity index (χ1) is 7.75. The lowest BCUT2D eigenvalue weighted by Crippen LogP contribution is -2.33. The number of nitrogens with one attached hydrogen (secondary N) is 1. The molecule has 1 fully saturated rings. The monoisotopic (exact) mass is 240 g/mol. The Morgan fingerprint density at radius 3 is 2.94 bits per heavy atom. The summed E-state index contributed by atoms with van der Waals surface area (Å²) in [5.74, 6) is 0. The number of rotatable bonds is 5. The number of hydrogen-bond donors (Lipinski definition) is 2. The predicted molar refractivity (Wildman–Crippen MR) is 69.9 cm³/mol. The molecule has 0 bridgehead atoms. The van der Waals surface area contributed by atoms with Crippen LogP contribution in [0.4, 0.5) is 10.1 Å². The number of nitrogens with two attached hydrogens (primary N) is 1. The number of hydrogen-bond acceptors (Lipinski definition) is 5. The van der Waals surface area contributed by atoms with E-state index in [-0.39, 0.29) is 0 Å². The van der Waals surface area contributed by atoms with Gasteiger partial charge < -0.3 is 16.0 Å². The molecule has 3 N–H and O–H groups in total. The third-order valence-electron chi connectivity index (χ3n) is 3.21. The summed E-state index contributed by atoms with van der Waals surface area (Å²) in [6.07, 6.45) is 7.21. The number of likely N-dealkylation sites (N-methyl/N-ethyl adjacent to an activating group) is 1. The average molecular weight is 240 g/mol. The van der Waals surface area contributed by atoms with Crippen LogP contribution in [0.5, 0.6) is 0 Å². The van der Waals surface area contributed by atoms with Crippen LogP contribution in [-0.2, 0) is 0 Å². The van der Waals surface area contributed by atoms with Crippen LogP contribution in [0.1, 0.15) is 25.7 Å². The minimum absolute atomic E-state index is 0.770. The fourth-order valence-corrected chi connectivity index (χ4v) is 2.84. The Bertz CT molecular complexity index is 320. The van der Waals surface area contributed by atoms with E-state index in [1.54, 1.807) is 6.20 Å². The first kappa shape index (κ1) is 11.7. The van der Waals surface area contributed by atoms with Gasteiger partial charge >= 0.3 is 0 Å². The fourth-order valence-electron chi connectivity index (χ4n) is 2.24. The van der Waals surface area contributed by atoms with Crippen molar-refractivity contribution in [3.05, 3.63) is 6.20 Å². The van der Waals surface area contributed by atoms with Crippen LogP contribution in [0.3, 0.4) is 0 Å². The van der Waals surface area contributed by atoms with Crippen molar-refractivity contribution < 1.29 is 0 Å². The summed E-state index contributed by atoms with van der Waals surface area (Å²) in [6.45, 7) is 2.02. The summed E-state index contributed by atoms with van der Waals surface area (Å²) in [7, 11) is 2.22. The van der Waals surface area contributed by atoms with Gasteiger partial charge in [-0.05, 0) is 19.9 Å². The van der Waals surface area contributed by atoms with E-state index in [4.69, 9.17) is 5.73 Å². The second-order valence-corrected chi connectivity index (χ2v) is 5.48. The Labute approximate surface area is 101 Å². The minimum atomic E-state index is 0.770. The average Bonchev–Trinajstić information content (AvgIpc) is 2.89. The molecule has 1 aliphatic carbocycles. The van der Waals surface area contributed by atoms with Crippen molar-refractivity contribution in [2.75, 3.05) is 31.2 Å². The normalized spacial score (nSPS) is 17.1. The molecule has 0 unspecified atom stereocenters. The second kappa shape index (κ2) is 5.50. The van der Waals surface area contributed by atoms with Crippen LogP contribution < -0.4 is 11.1 Å². The van der Waals surface area contributed by atoms with E-state index in [1.165, 1.54) is 37.0 Å². The maximum Gasteiger partial charge on any atom is 0.184 e. The van der Waals surface area contributed by atoms with Crippen molar-refractivity contribution in [2.45, 2.75) is 31.7 Å². The Kier molecular flexibility index (Phi) is 4.01. The lowest BCUT2D eigenvalue weighted by Gasteiger charge is -2.23. The molecule has 1 aliphatic rings. The molecule has 0 saturated heterocycles. The van der Waals surface area contributed by atoms with Crippen molar-refractivity contribution in [1.29, 1.82) is 0 Å². The smallest absolute Gasteiger partial charge is 0.184 e. The van der Waals surface area contributed by atoms with Crippen molar-refractivity contribution in [3.8, 4) is 0 Å². The molecule has 90 valence electrons. The first-order valence-electron chi connectivity index (χ1n) is 5.91. The SMILES string of the molecule is CN(CCNc1ncc(N)s1)C1CCCC1. The lowest BCUT2D eigenvalue weighted by atomic mass is 10.2. The zero-order valence-electron chi connectivity index (χ0n) is 9.78. The molecule has 0 amide bonds. The molecule has 1 heterocycles. The van der Waals surface area contributed by atoms with Crippen LogP contribution in [0.2, 0.25) is 0 Å². The number of nitrogen functional groups attached to an aromatic ring is 1. The van der Waals surface area contributed by atoms with Gasteiger partial charge in [0.25, 0.3) is 0 Å². The van der Waals surface area contributed by atoms with E-state index in [9.17, 15) is 0 Å². The number of thiazole rings is 1. The van der Waals surface area contributed by atoms with Crippen molar-refractivity contribution in [1.82, 2.24) is 9.88 Å². The molecule has 4 nitrogen and oxygen atoms in total. The third kappa shape index (κ3) is 3.09. The van der Waals surface area contributed by atoms with E-state index < -0.39 is 0 Å². The van der Waals surface area contributed by atoms with Crippen LogP contribution in [0, 0.1) is 0 Å². The third-order valence-corrected chi connectivity index (χ3v) is 4.00. The molecular weight excluding hydrogens is 220 g/mol. The highest BCUT2D eigenvalue weighted by molar-refractivity contribution is 7.19. The maximum atomic E-state index is 5.62. The molecular formula is C11H20N4S. The van der Waals surface area contributed by atoms with Gasteiger partial charge in [-0.3, -0.25) is 0 Å². The van der Waals surface area contributed by atoms with E-state index in [0.29, 0.717) is 0 Å². The van der Waals surface area contributed by atoms with Gasteiger partial charge in [-0.1, -0.05) is 24.2 Å². The van der Waals surface area contributed by atoms with Crippen LogP contribution in [-0.4, -0.2) is 36.1 Å². The molecule has 1 saturated carbocycles. The van der Waals surface area contributed by atoms with E-state index >= 15 is 0 Å². The molecule has 0 spiro atoms. The van der Waals surface area contributed by atoms with E-state index in [2.05, 4.69) is 22.2 Å². The molecule has 1 aromatic heterocycles. The molecule has 0 atom stereocenters. The maximum absolute atomic E-state index is 5.62. The predicted octanol–water partition coefficient (Wildman–Crippen LogP) is 2.01. The van der Waals surface area contributed by atoms with E-state index in [0.717, 1.165) is 29.3 Å². The second-order valence-electron chi connectivity index (χ2n) is 4.41. The highest BCUT2D eigenvalue weighted by Gasteiger charge is 2.18. The Balaban J connectivity index is 1.67. The number of anilines is 2. The topological polar surface area (TPSA) is 54.2 Å². The van der Waals surface area contributed by atoms with Crippen LogP contribution in [0.25, 0.3) is 0 Å². The summed E-state index contributed by atoms with van der Waals surface area (Å²) in [5, 5.41) is 5.00. The van der Waals surface area contributed by atoms with Crippen molar-refractivity contribution >= 4 is 21.5 Å². The summed E-state index contributed by atoms with van der Waals surface area (Å²) in [4.78, 5) is 6.63.